The minimum Gasteiger partial charge on any atom is -0.489 e. The molecule has 5 aromatic rings. The van der Waals surface area contributed by atoms with E-state index in [9.17, 15) is 24.8 Å². The van der Waals surface area contributed by atoms with Crippen LogP contribution in [0.5, 0.6) is 5.75 Å². The molecule has 3 aliphatic rings. The number of nitrogens with one attached hydrogen (secondary N) is 2. The van der Waals surface area contributed by atoms with Crippen LogP contribution < -0.4 is 20.3 Å². The summed E-state index contributed by atoms with van der Waals surface area (Å²) in [5.41, 5.74) is 6.01. The molecule has 8 rings (SSSR count). The van der Waals surface area contributed by atoms with E-state index in [0.29, 0.717) is 27.7 Å². The second-order valence-corrected chi connectivity index (χ2v) is 22.3. The average Bonchev–Trinajstić information content (AvgIpc) is 4.07. The number of carbonyl (C=O) groups is 3. The summed E-state index contributed by atoms with van der Waals surface area (Å²) in [6.07, 6.45) is 4.40. The summed E-state index contributed by atoms with van der Waals surface area (Å²) in [5, 5.41) is 26.8. The molecule has 3 amide bonds. The number of aryl methyl sites for hydroxylation is 2. The number of aliphatic hydroxyl groups excluding tert-OH is 1. The molecule has 3 aromatic heterocycles. The number of nitrogens with zero attached hydrogens (tertiary/aromatic N) is 8. The molecule has 17 heteroatoms. The molecule has 2 saturated heterocycles. The maximum Gasteiger partial charge on any atom is 0.253 e. The zero-order valence-corrected chi connectivity index (χ0v) is 43.9. The van der Waals surface area contributed by atoms with Crippen LogP contribution in [0.3, 0.4) is 0 Å². The molecule has 3 N–H and O–H groups in total. The molecule has 2 aromatic carbocycles. The van der Waals surface area contributed by atoms with Crippen molar-refractivity contribution >= 4 is 46.5 Å². The number of hydrogen-bond donors (Lipinski definition) is 3. The number of aromatic nitrogens is 4. The van der Waals surface area contributed by atoms with Crippen molar-refractivity contribution in [3.8, 4) is 22.3 Å². The fraction of sp³-hybridized carbons (Fsp3) is 0.500. The first-order valence-corrected chi connectivity index (χ1v) is 25.9. The maximum absolute atomic E-state index is 14.4. The zero-order valence-electron chi connectivity index (χ0n) is 42.3. The minimum atomic E-state index is -0.798. The molecule has 5 heterocycles. The van der Waals surface area contributed by atoms with E-state index in [0.717, 1.165) is 78.8 Å². The van der Waals surface area contributed by atoms with Gasteiger partial charge in [-0.1, -0.05) is 77.4 Å². The van der Waals surface area contributed by atoms with Gasteiger partial charge in [-0.15, -0.1) is 11.3 Å². The molecule has 71 heavy (non-hydrogen) atoms. The van der Waals surface area contributed by atoms with Crippen LogP contribution >= 0.6 is 22.9 Å². The summed E-state index contributed by atoms with van der Waals surface area (Å²) in [6, 6.07) is 17.7. The number of rotatable bonds is 16. The van der Waals surface area contributed by atoms with Gasteiger partial charge in [0.15, 0.2) is 0 Å². The SMILES string of the molecule is Cc1ncsc1-c1ccc([C@H](C)NC(=O)[C@@H]2C[C@@H](O)CN2C(=O)[C@@H](c2ncc(CCCN3CCN(c4ccc(C(=O)NC5C(C)(C)C(Oc6ccc(C#N)c(Cl)c6)C5(C)C)cn4)CC3)n2C)C(C)C)cc1. The lowest BCUT2D eigenvalue weighted by Gasteiger charge is -2.63. The van der Waals surface area contributed by atoms with Crippen LogP contribution in [0.1, 0.15) is 112 Å². The van der Waals surface area contributed by atoms with E-state index in [4.69, 9.17) is 26.3 Å². The Morgan fingerprint density at radius 2 is 1.69 bits per heavy atom. The number of hydrogen-bond acceptors (Lipinski definition) is 12. The van der Waals surface area contributed by atoms with Crippen molar-refractivity contribution < 1.29 is 24.2 Å². The summed E-state index contributed by atoms with van der Waals surface area (Å²) in [7, 11) is 1.96. The van der Waals surface area contributed by atoms with Crippen LogP contribution in [-0.4, -0.2) is 116 Å². The van der Waals surface area contributed by atoms with Gasteiger partial charge < -0.3 is 34.8 Å². The predicted molar refractivity (Wildman–Crippen MR) is 276 cm³/mol. The second-order valence-electron chi connectivity index (χ2n) is 21.0. The average molecular weight is 1000 g/mol. The highest BCUT2D eigenvalue weighted by atomic mass is 35.5. The van der Waals surface area contributed by atoms with Crippen LogP contribution in [0, 0.1) is 35.0 Å². The molecule has 376 valence electrons. The van der Waals surface area contributed by atoms with Crippen molar-refractivity contribution in [3.63, 3.8) is 0 Å². The highest BCUT2D eigenvalue weighted by Crippen LogP contribution is 2.55. The number of ether oxygens (including phenoxy) is 1. The van der Waals surface area contributed by atoms with Gasteiger partial charge in [-0.2, -0.15) is 5.26 Å². The van der Waals surface area contributed by atoms with Gasteiger partial charge in [0.2, 0.25) is 11.8 Å². The normalized spacial score (nSPS) is 21.6. The fourth-order valence-corrected chi connectivity index (χ4v) is 12.3. The monoisotopic (exact) mass is 1000 g/mol. The summed E-state index contributed by atoms with van der Waals surface area (Å²) < 4.78 is 8.43. The largest absolute Gasteiger partial charge is 0.489 e. The third-order valence-corrected chi connectivity index (χ3v) is 16.3. The number of nitriles is 1. The van der Waals surface area contributed by atoms with Gasteiger partial charge in [-0.05, 0) is 74.5 Å². The standard InChI is InChI=1S/C54H67ClN10O5S/c1-32(2)45(50(69)65-30-40(66)25-43(65)49(68)60-33(3)35-12-14-36(15-13-35)46-34(4)59-31-71-46)47-58-29-39(62(47)9)11-10-20-63-21-23-64(24-22-63)44-19-17-38(28-57-44)48(67)61-51-53(5,6)52(54(51,7)8)70-41-18-16-37(27-56)42(55)26-41/h12-19,26,28-29,31-33,40,43,45,51-52,66H,10-11,20-25,30H2,1-9H3,(H,60,68)(H,61,67)/t33-,40+,43-,45+,51?,52?/m0/s1. The van der Waals surface area contributed by atoms with Crippen LogP contribution in [0.2, 0.25) is 5.02 Å². The predicted octanol–water partition coefficient (Wildman–Crippen LogP) is 7.72. The number of amides is 3. The molecule has 1 aliphatic carbocycles. The van der Waals surface area contributed by atoms with Crippen molar-refractivity contribution in [1.29, 1.82) is 5.26 Å². The molecular weight excluding hydrogens is 936 g/mol. The highest BCUT2D eigenvalue weighted by Gasteiger charge is 2.64. The van der Waals surface area contributed by atoms with Crippen molar-refractivity contribution in [2.75, 3.05) is 44.2 Å². The zero-order chi connectivity index (χ0) is 50.9. The lowest BCUT2D eigenvalue weighted by atomic mass is 9.49. The van der Waals surface area contributed by atoms with Crippen LogP contribution in [0.25, 0.3) is 10.4 Å². The van der Waals surface area contributed by atoms with Crippen molar-refractivity contribution in [1.82, 2.24) is 40.0 Å². The summed E-state index contributed by atoms with van der Waals surface area (Å²) >= 11 is 7.87. The smallest absolute Gasteiger partial charge is 0.253 e. The van der Waals surface area contributed by atoms with E-state index < -0.39 is 18.1 Å². The van der Waals surface area contributed by atoms with E-state index in [2.05, 4.69) is 59.2 Å². The lowest BCUT2D eigenvalue weighted by molar-refractivity contribution is -0.164. The number of carbonyl (C=O) groups excluding carboxylic acids is 3. The Hall–Kier alpha value is -5.86. The lowest BCUT2D eigenvalue weighted by Crippen LogP contribution is -2.74. The molecular formula is C54H67ClN10O5S. The van der Waals surface area contributed by atoms with Gasteiger partial charge in [-0.3, -0.25) is 19.3 Å². The summed E-state index contributed by atoms with van der Waals surface area (Å²) in [6.45, 7) is 20.6. The molecule has 0 bridgehead atoms. The highest BCUT2D eigenvalue weighted by molar-refractivity contribution is 7.13. The van der Waals surface area contributed by atoms with Gasteiger partial charge in [0.05, 0.1) is 50.3 Å². The number of halogens is 1. The number of pyridine rings is 1. The van der Waals surface area contributed by atoms with Crippen LogP contribution in [0.4, 0.5) is 5.82 Å². The minimum absolute atomic E-state index is 0.0937. The first-order chi connectivity index (χ1) is 33.8. The molecule has 1 saturated carbocycles. The molecule has 3 fully saturated rings. The second kappa shape index (κ2) is 21.1. The van der Waals surface area contributed by atoms with Crippen LogP contribution in [0.15, 0.2) is 72.5 Å². The number of aliphatic hydroxyl groups is 1. The molecule has 2 aliphatic heterocycles. The Morgan fingerprint density at radius 3 is 2.31 bits per heavy atom. The first-order valence-electron chi connectivity index (χ1n) is 24.7. The topological polar surface area (TPSA) is 182 Å². The van der Waals surface area contributed by atoms with E-state index in [1.165, 1.54) is 0 Å². The van der Waals surface area contributed by atoms with Gasteiger partial charge in [0.25, 0.3) is 5.91 Å². The van der Waals surface area contributed by atoms with Gasteiger partial charge in [0.1, 0.15) is 35.6 Å². The first kappa shape index (κ1) is 51.5. The van der Waals surface area contributed by atoms with Gasteiger partial charge in [0, 0.05) is 87.2 Å². The Kier molecular flexibility index (Phi) is 15.3. The van der Waals surface area contributed by atoms with E-state index in [1.807, 2.05) is 87.4 Å². The third-order valence-electron chi connectivity index (χ3n) is 15.0. The number of likely N-dealkylation sites (tertiary alicyclic amines) is 1. The van der Waals surface area contributed by atoms with Crippen molar-refractivity contribution in [2.24, 2.45) is 23.8 Å². The molecule has 15 nitrogen and oxygen atoms in total. The van der Waals surface area contributed by atoms with Crippen molar-refractivity contribution in [2.45, 2.75) is 111 Å². The van der Waals surface area contributed by atoms with Gasteiger partial charge >= 0.3 is 0 Å². The number of benzene rings is 2. The molecule has 0 radical (unpaired) electrons. The number of β-amino-alcohol motifs (C(OH)–C–C–N with tert-alkyl or cyclic N) is 1. The number of piperazine rings is 1. The Bertz CT molecular complexity index is 2740. The number of anilines is 1. The molecule has 4 atom stereocenters. The van der Waals surface area contributed by atoms with E-state index in [-0.39, 0.29) is 65.6 Å². The van der Waals surface area contributed by atoms with E-state index in [1.54, 1.807) is 40.6 Å². The van der Waals surface area contributed by atoms with E-state index >= 15 is 0 Å². The Balaban J connectivity index is 0.799. The third kappa shape index (κ3) is 10.7. The number of imidazole rings is 1. The van der Waals surface area contributed by atoms with Crippen molar-refractivity contribution in [3.05, 3.63) is 111 Å². The summed E-state index contributed by atoms with van der Waals surface area (Å²) in [4.78, 5) is 63.1. The van der Waals surface area contributed by atoms with Gasteiger partial charge in [-0.25, -0.2) is 15.0 Å². The fourth-order valence-electron chi connectivity index (χ4n) is 11.3. The van der Waals surface area contributed by atoms with Crippen LogP contribution in [-0.2, 0) is 23.1 Å². The summed E-state index contributed by atoms with van der Waals surface area (Å²) in [5.74, 6) is 0.743. The Labute approximate surface area is 426 Å². The molecule has 0 unspecified atom stereocenters. The molecule has 0 spiro atoms. The Morgan fingerprint density at radius 1 is 0.972 bits per heavy atom. The maximum atomic E-state index is 14.4. The number of thiazole rings is 1. The quantitative estimate of drug-likeness (QED) is 0.0881.